The summed E-state index contributed by atoms with van der Waals surface area (Å²) in [5, 5.41) is 2.84. The minimum atomic E-state index is -0.458. The maximum absolute atomic E-state index is 11.8. The molecule has 0 bridgehead atoms. The van der Waals surface area contributed by atoms with Gasteiger partial charge in [0.05, 0.1) is 17.6 Å². The van der Waals surface area contributed by atoms with Crippen molar-refractivity contribution in [2.75, 3.05) is 11.5 Å². The Morgan fingerprint density at radius 2 is 1.95 bits per heavy atom. The number of aromatic nitrogens is 1. The van der Waals surface area contributed by atoms with Crippen molar-refractivity contribution in [3.05, 3.63) is 53.3 Å². The lowest BCUT2D eigenvalue weighted by Gasteiger charge is -2.05. The van der Waals surface area contributed by atoms with Gasteiger partial charge in [-0.15, -0.1) is 11.8 Å². The molecule has 0 saturated heterocycles. The molecule has 0 atom stereocenters. The molecule has 2 amide bonds. The van der Waals surface area contributed by atoms with Gasteiger partial charge in [-0.25, -0.2) is 0 Å². The van der Waals surface area contributed by atoms with Crippen LogP contribution in [-0.4, -0.2) is 22.6 Å². The van der Waals surface area contributed by atoms with Gasteiger partial charge in [0, 0.05) is 21.7 Å². The van der Waals surface area contributed by atoms with Crippen molar-refractivity contribution in [1.29, 1.82) is 0 Å². The molecule has 21 heavy (non-hydrogen) atoms. The van der Waals surface area contributed by atoms with E-state index in [9.17, 15) is 9.59 Å². The second kappa shape index (κ2) is 7.10. The van der Waals surface area contributed by atoms with Gasteiger partial charge in [0.1, 0.15) is 0 Å². The first-order valence-corrected chi connectivity index (χ1v) is 7.34. The van der Waals surface area contributed by atoms with Crippen LogP contribution in [0.1, 0.15) is 10.4 Å². The van der Waals surface area contributed by atoms with E-state index < -0.39 is 11.8 Å². The molecule has 3 N–H and O–H groups in total. The molecule has 0 saturated carbocycles. The van der Waals surface area contributed by atoms with E-state index in [4.69, 9.17) is 17.3 Å². The van der Waals surface area contributed by atoms with E-state index in [0.717, 1.165) is 4.90 Å². The zero-order chi connectivity index (χ0) is 15.2. The van der Waals surface area contributed by atoms with Gasteiger partial charge >= 0.3 is 0 Å². The van der Waals surface area contributed by atoms with Crippen LogP contribution >= 0.6 is 23.4 Å². The molecule has 1 aromatic heterocycles. The summed E-state index contributed by atoms with van der Waals surface area (Å²) < 4.78 is 0. The van der Waals surface area contributed by atoms with Crippen LogP contribution in [0.15, 0.2) is 47.6 Å². The summed E-state index contributed by atoms with van der Waals surface area (Å²) in [7, 11) is 0. The van der Waals surface area contributed by atoms with Gasteiger partial charge in [0.2, 0.25) is 5.91 Å². The van der Waals surface area contributed by atoms with Crippen LogP contribution in [0.2, 0.25) is 5.02 Å². The number of nitrogen functional groups attached to an aromatic ring is 1. The fourth-order valence-corrected chi connectivity index (χ4v) is 2.37. The second-order valence-electron chi connectivity index (χ2n) is 4.09. The molecular formula is C14H12ClN3O2S. The van der Waals surface area contributed by atoms with Crippen molar-refractivity contribution < 1.29 is 9.59 Å². The van der Waals surface area contributed by atoms with Gasteiger partial charge in [0.25, 0.3) is 5.91 Å². The van der Waals surface area contributed by atoms with Gasteiger partial charge < -0.3 is 5.73 Å². The van der Waals surface area contributed by atoms with Crippen molar-refractivity contribution in [3.63, 3.8) is 0 Å². The maximum Gasteiger partial charge on any atom is 0.257 e. The van der Waals surface area contributed by atoms with Crippen LogP contribution < -0.4 is 11.1 Å². The maximum atomic E-state index is 11.8. The molecule has 0 aliphatic heterocycles. The first-order valence-electron chi connectivity index (χ1n) is 5.98. The monoisotopic (exact) mass is 321 g/mol. The van der Waals surface area contributed by atoms with Crippen molar-refractivity contribution >= 4 is 40.9 Å². The van der Waals surface area contributed by atoms with Gasteiger partial charge in [-0.05, 0) is 30.3 Å². The number of rotatable bonds is 4. The first-order chi connectivity index (χ1) is 10.1. The molecule has 0 aliphatic carbocycles. The molecule has 5 nitrogen and oxygen atoms in total. The number of nitrogens with zero attached hydrogens (tertiary/aromatic N) is 1. The number of carbonyl (C=O) groups excluding carboxylic acids is 2. The summed E-state index contributed by atoms with van der Waals surface area (Å²) in [6.07, 6.45) is 3.11. The molecule has 2 aromatic rings. The molecule has 0 radical (unpaired) electrons. The number of hydrogen-bond donors (Lipinski definition) is 2. The van der Waals surface area contributed by atoms with E-state index in [-0.39, 0.29) is 5.75 Å². The number of amides is 2. The van der Waals surface area contributed by atoms with Gasteiger partial charge in [0.15, 0.2) is 0 Å². The molecule has 2 rings (SSSR count). The van der Waals surface area contributed by atoms with Crippen molar-refractivity contribution in [1.82, 2.24) is 10.3 Å². The van der Waals surface area contributed by atoms with Crippen LogP contribution in [0.5, 0.6) is 0 Å². The summed E-state index contributed by atoms with van der Waals surface area (Å²) in [5.41, 5.74) is 6.59. The largest absolute Gasteiger partial charge is 0.397 e. The molecule has 0 spiro atoms. The molecule has 1 aromatic carbocycles. The predicted molar refractivity (Wildman–Crippen MR) is 83.3 cm³/mol. The summed E-state index contributed by atoms with van der Waals surface area (Å²) >= 11 is 6.98. The third-order valence-corrected chi connectivity index (χ3v) is 3.87. The number of halogens is 1. The van der Waals surface area contributed by atoms with E-state index in [2.05, 4.69) is 10.3 Å². The number of anilines is 1. The zero-order valence-corrected chi connectivity index (χ0v) is 12.4. The van der Waals surface area contributed by atoms with Gasteiger partial charge in [-0.1, -0.05) is 11.6 Å². The van der Waals surface area contributed by atoms with Crippen molar-refractivity contribution in [2.45, 2.75) is 4.90 Å². The Balaban J connectivity index is 1.88. The van der Waals surface area contributed by atoms with Crippen LogP contribution in [0.4, 0.5) is 5.69 Å². The fourth-order valence-electron chi connectivity index (χ4n) is 1.50. The van der Waals surface area contributed by atoms with Gasteiger partial charge in [-0.2, -0.15) is 0 Å². The Hall–Kier alpha value is -2.05. The van der Waals surface area contributed by atoms with E-state index in [1.165, 1.54) is 18.0 Å². The summed E-state index contributed by atoms with van der Waals surface area (Å²) in [4.78, 5) is 28.2. The number of thioether (sulfide) groups is 1. The Morgan fingerprint density at radius 3 is 2.62 bits per heavy atom. The molecule has 0 aliphatic rings. The third-order valence-electron chi connectivity index (χ3n) is 2.53. The lowest BCUT2D eigenvalue weighted by molar-refractivity contribution is -0.117. The van der Waals surface area contributed by atoms with E-state index in [0.29, 0.717) is 16.3 Å². The van der Waals surface area contributed by atoms with Crippen molar-refractivity contribution in [3.8, 4) is 0 Å². The Kier molecular flexibility index (Phi) is 5.19. The highest BCUT2D eigenvalue weighted by molar-refractivity contribution is 8.00. The molecule has 108 valence electrons. The van der Waals surface area contributed by atoms with E-state index in [1.54, 1.807) is 36.5 Å². The highest BCUT2D eigenvalue weighted by Crippen LogP contribution is 2.22. The highest BCUT2D eigenvalue weighted by Gasteiger charge is 2.11. The van der Waals surface area contributed by atoms with Crippen LogP contribution in [-0.2, 0) is 4.79 Å². The molecule has 0 unspecified atom stereocenters. The molecule has 1 heterocycles. The summed E-state index contributed by atoms with van der Waals surface area (Å²) in [6, 6.07) is 8.01. The number of nitrogens with one attached hydrogen (secondary N) is 1. The lowest BCUT2D eigenvalue weighted by atomic mass is 10.2. The Bertz CT molecular complexity index is 662. The minimum absolute atomic E-state index is 0.0908. The number of imide groups is 1. The van der Waals surface area contributed by atoms with Crippen LogP contribution in [0.3, 0.4) is 0 Å². The average molecular weight is 322 g/mol. The first kappa shape index (κ1) is 15.3. The second-order valence-corrected chi connectivity index (χ2v) is 5.54. The van der Waals surface area contributed by atoms with Gasteiger partial charge in [-0.3, -0.25) is 19.9 Å². The minimum Gasteiger partial charge on any atom is -0.397 e. The zero-order valence-electron chi connectivity index (χ0n) is 10.9. The summed E-state index contributed by atoms with van der Waals surface area (Å²) in [5.74, 6) is -0.760. The number of hydrogen-bond acceptors (Lipinski definition) is 5. The van der Waals surface area contributed by atoms with Crippen LogP contribution in [0.25, 0.3) is 0 Å². The number of benzene rings is 1. The third kappa shape index (κ3) is 4.47. The predicted octanol–water partition coefficient (Wildman–Crippen LogP) is 2.37. The lowest BCUT2D eigenvalue weighted by Crippen LogP contribution is -2.31. The SMILES string of the molecule is Nc1cnccc1SCC(=O)NC(=O)c1ccc(Cl)cc1. The average Bonchev–Trinajstić information content (AvgIpc) is 2.47. The van der Waals surface area contributed by atoms with E-state index >= 15 is 0 Å². The summed E-state index contributed by atoms with van der Waals surface area (Å²) in [6.45, 7) is 0. The quantitative estimate of drug-likeness (QED) is 0.844. The standard InChI is InChI=1S/C14H12ClN3O2S/c15-10-3-1-9(2-4-10)14(20)18-13(19)8-21-12-5-6-17-7-11(12)16/h1-7H,8,16H2,(H,18,19,20). The highest BCUT2D eigenvalue weighted by atomic mass is 35.5. The fraction of sp³-hybridized carbons (Fsp3) is 0.0714. The smallest absolute Gasteiger partial charge is 0.257 e. The molecule has 7 heteroatoms. The van der Waals surface area contributed by atoms with Crippen molar-refractivity contribution in [2.24, 2.45) is 0 Å². The topological polar surface area (TPSA) is 85.1 Å². The molecular weight excluding hydrogens is 310 g/mol. The number of nitrogens with two attached hydrogens (primary N) is 1. The number of carbonyl (C=O) groups is 2. The number of pyridine rings is 1. The Labute approximate surface area is 130 Å². The Morgan fingerprint density at radius 1 is 1.24 bits per heavy atom. The molecule has 0 fully saturated rings. The van der Waals surface area contributed by atoms with Crippen LogP contribution in [0, 0.1) is 0 Å². The normalized spacial score (nSPS) is 10.1. The van der Waals surface area contributed by atoms with E-state index in [1.807, 2.05) is 0 Å².